The monoisotopic (exact) mass is 389 g/mol. The Morgan fingerprint density at radius 2 is 1.89 bits per heavy atom. The highest BCUT2D eigenvalue weighted by atomic mass is 32.2. The average molecular weight is 389 g/mol. The van der Waals surface area contributed by atoms with Gasteiger partial charge in [0.2, 0.25) is 15.7 Å². The van der Waals surface area contributed by atoms with Crippen LogP contribution >= 0.6 is 0 Å². The molecule has 1 aromatic heterocycles. The summed E-state index contributed by atoms with van der Waals surface area (Å²) in [6, 6.07) is 12.5. The van der Waals surface area contributed by atoms with Crippen LogP contribution in [0.5, 0.6) is 5.75 Å². The molecule has 1 fully saturated rings. The molecule has 2 heterocycles. The maximum atomic E-state index is 11.8. The molecule has 0 spiro atoms. The van der Waals surface area contributed by atoms with Crippen molar-refractivity contribution < 1.29 is 22.7 Å². The Labute approximate surface area is 157 Å². The van der Waals surface area contributed by atoms with Crippen LogP contribution in [0.15, 0.2) is 48.7 Å². The first-order valence-electron chi connectivity index (χ1n) is 8.30. The Morgan fingerprint density at radius 1 is 1.15 bits per heavy atom. The fourth-order valence-corrected chi connectivity index (χ4v) is 3.91. The van der Waals surface area contributed by atoms with Crippen LogP contribution in [-0.2, 0) is 21.1 Å². The van der Waals surface area contributed by atoms with Gasteiger partial charge >= 0.3 is 5.24 Å². The molecule has 8 nitrogen and oxygen atoms in total. The Bertz CT molecular complexity index is 929. The number of nitrogens with zero attached hydrogens (tertiary/aromatic N) is 2. The summed E-state index contributed by atoms with van der Waals surface area (Å²) in [4.78, 5) is 29.2. The number of sulfone groups is 1. The third kappa shape index (κ3) is 4.25. The Hall–Kier alpha value is -2.94. The largest absolute Gasteiger partial charge is 0.492 e. The topological polar surface area (TPSA) is 106 Å². The summed E-state index contributed by atoms with van der Waals surface area (Å²) in [5, 5.41) is -0.758. The third-order valence-corrected chi connectivity index (χ3v) is 5.98. The van der Waals surface area contributed by atoms with Gasteiger partial charge in [-0.1, -0.05) is 18.2 Å². The number of carbonyl (C=O) groups is 2. The van der Waals surface area contributed by atoms with E-state index in [2.05, 4.69) is 4.98 Å². The van der Waals surface area contributed by atoms with E-state index < -0.39 is 26.2 Å². The predicted octanol–water partition coefficient (Wildman–Crippen LogP) is 1.17. The number of aromatic nitrogens is 1. The van der Waals surface area contributed by atoms with E-state index in [4.69, 9.17) is 4.74 Å². The maximum Gasteiger partial charge on any atom is 0.343 e. The van der Waals surface area contributed by atoms with Crippen LogP contribution in [0.4, 0.5) is 10.6 Å². The summed E-state index contributed by atoms with van der Waals surface area (Å²) < 4.78 is 29.3. The van der Waals surface area contributed by atoms with E-state index >= 15 is 0 Å². The van der Waals surface area contributed by atoms with Crippen molar-refractivity contribution in [2.45, 2.75) is 11.7 Å². The number of benzene rings is 1. The first-order chi connectivity index (χ1) is 12.9. The first-order valence-corrected chi connectivity index (χ1v) is 9.85. The quantitative estimate of drug-likeness (QED) is 0.758. The number of amides is 2. The number of imide groups is 1. The molecule has 1 aliphatic heterocycles. The van der Waals surface area contributed by atoms with Gasteiger partial charge in [-0.25, -0.2) is 13.4 Å². The standard InChI is InChI=1S/C18H19N3O5S/c1-21(16-4-2-3-9-19-16)10-11-26-14-7-5-13(6-8-14)12-15-17(22)20-18(23)27(15,24)25/h2-9,15H,10-12H2,1H3,(H,20,22,23). The van der Waals surface area contributed by atoms with E-state index in [1.807, 2.05) is 35.5 Å². The highest BCUT2D eigenvalue weighted by molar-refractivity contribution is 8.07. The summed E-state index contributed by atoms with van der Waals surface area (Å²) in [6.07, 6.45) is 1.67. The van der Waals surface area contributed by atoms with Crippen molar-refractivity contribution in [3.63, 3.8) is 0 Å². The minimum Gasteiger partial charge on any atom is -0.492 e. The van der Waals surface area contributed by atoms with Gasteiger partial charge in [-0.3, -0.25) is 14.9 Å². The number of ether oxygens (including phenoxy) is 1. The molecule has 9 heteroatoms. The SMILES string of the molecule is CN(CCOc1ccc(CC2C(=O)NC(=O)S2(=O)=O)cc1)c1ccccn1. The molecule has 0 aliphatic carbocycles. The fourth-order valence-electron chi connectivity index (χ4n) is 2.66. The summed E-state index contributed by atoms with van der Waals surface area (Å²) >= 11 is 0. The molecular weight excluding hydrogens is 370 g/mol. The van der Waals surface area contributed by atoms with Crippen molar-refractivity contribution in [1.82, 2.24) is 10.3 Å². The highest BCUT2D eigenvalue weighted by Gasteiger charge is 2.46. The second kappa shape index (κ2) is 7.75. The number of nitrogens with one attached hydrogen (secondary N) is 1. The van der Waals surface area contributed by atoms with E-state index in [0.717, 1.165) is 5.82 Å². The normalized spacial score (nSPS) is 18.2. The number of carbonyl (C=O) groups excluding carboxylic acids is 2. The molecule has 27 heavy (non-hydrogen) atoms. The lowest BCUT2D eigenvalue weighted by Crippen LogP contribution is -2.27. The van der Waals surface area contributed by atoms with Crippen LogP contribution in [-0.4, -0.2) is 50.0 Å². The summed E-state index contributed by atoms with van der Waals surface area (Å²) in [5.41, 5.74) is 0.631. The molecule has 3 rings (SSSR count). The van der Waals surface area contributed by atoms with E-state index in [0.29, 0.717) is 24.5 Å². The Balaban J connectivity index is 1.53. The molecule has 1 aliphatic rings. The van der Waals surface area contributed by atoms with E-state index in [-0.39, 0.29) is 6.42 Å². The van der Waals surface area contributed by atoms with Crippen molar-refractivity contribution in [3.05, 3.63) is 54.2 Å². The van der Waals surface area contributed by atoms with Gasteiger partial charge in [0.15, 0.2) is 5.25 Å². The lowest BCUT2D eigenvalue weighted by atomic mass is 10.1. The van der Waals surface area contributed by atoms with Gasteiger partial charge in [0.25, 0.3) is 0 Å². The molecule has 1 aromatic carbocycles. The van der Waals surface area contributed by atoms with Gasteiger partial charge in [0.05, 0.1) is 6.54 Å². The molecule has 2 aromatic rings. The number of hydrogen-bond acceptors (Lipinski definition) is 7. The lowest BCUT2D eigenvalue weighted by molar-refractivity contribution is -0.119. The number of likely N-dealkylation sites (N-methyl/N-ethyl adjacent to an activating group) is 1. The zero-order chi connectivity index (χ0) is 19.4. The van der Waals surface area contributed by atoms with Gasteiger partial charge in [-0.2, -0.15) is 0 Å². The molecule has 1 saturated heterocycles. The number of pyridine rings is 1. The predicted molar refractivity (Wildman–Crippen MR) is 99.4 cm³/mol. The van der Waals surface area contributed by atoms with E-state index in [1.165, 1.54) is 0 Å². The zero-order valence-corrected chi connectivity index (χ0v) is 15.5. The van der Waals surface area contributed by atoms with Crippen LogP contribution < -0.4 is 15.0 Å². The van der Waals surface area contributed by atoms with Gasteiger partial charge in [0.1, 0.15) is 18.2 Å². The van der Waals surface area contributed by atoms with Gasteiger partial charge in [-0.05, 0) is 36.2 Å². The maximum absolute atomic E-state index is 11.8. The van der Waals surface area contributed by atoms with Crippen LogP contribution in [0.3, 0.4) is 0 Å². The molecule has 1 N–H and O–H groups in total. The summed E-state index contributed by atoms with van der Waals surface area (Å²) in [5.74, 6) is 0.697. The van der Waals surface area contributed by atoms with Crippen LogP contribution in [0.2, 0.25) is 0 Å². The summed E-state index contributed by atoms with van der Waals surface area (Å²) in [6.45, 7) is 1.09. The molecule has 0 radical (unpaired) electrons. The van der Waals surface area contributed by atoms with Crippen molar-refractivity contribution in [1.29, 1.82) is 0 Å². The van der Waals surface area contributed by atoms with E-state index in [1.54, 1.807) is 30.5 Å². The molecule has 1 unspecified atom stereocenters. The molecule has 0 saturated carbocycles. The number of rotatable bonds is 7. The van der Waals surface area contributed by atoms with Crippen molar-refractivity contribution in [3.8, 4) is 5.75 Å². The Kier molecular flexibility index (Phi) is 5.41. The van der Waals surface area contributed by atoms with Crippen molar-refractivity contribution >= 4 is 26.8 Å². The minimum atomic E-state index is -4.12. The minimum absolute atomic E-state index is 0.0530. The lowest BCUT2D eigenvalue weighted by Gasteiger charge is -2.18. The molecule has 142 valence electrons. The molecule has 2 amide bonds. The fraction of sp³-hybridized carbons (Fsp3) is 0.278. The molecule has 0 bridgehead atoms. The molecule has 1 atom stereocenters. The second-order valence-electron chi connectivity index (χ2n) is 6.12. The first kappa shape index (κ1) is 18.8. The number of anilines is 1. The third-order valence-electron chi connectivity index (χ3n) is 4.23. The van der Waals surface area contributed by atoms with Gasteiger partial charge in [0, 0.05) is 13.2 Å². The summed E-state index contributed by atoms with van der Waals surface area (Å²) in [7, 11) is -2.20. The van der Waals surface area contributed by atoms with Gasteiger partial charge in [-0.15, -0.1) is 0 Å². The van der Waals surface area contributed by atoms with Crippen LogP contribution in [0.1, 0.15) is 5.56 Å². The van der Waals surface area contributed by atoms with Gasteiger partial charge < -0.3 is 9.64 Å². The van der Waals surface area contributed by atoms with Crippen molar-refractivity contribution in [2.24, 2.45) is 0 Å². The van der Waals surface area contributed by atoms with Crippen molar-refractivity contribution in [2.75, 3.05) is 25.1 Å². The number of hydrogen-bond donors (Lipinski definition) is 1. The highest BCUT2D eigenvalue weighted by Crippen LogP contribution is 2.19. The Morgan fingerprint density at radius 3 is 2.48 bits per heavy atom. The zero-order valence-electron chi connectivity index (χ0n) is 14.7. The molecular formula is C18H19N3O5S. The van der Waals surface area contributed by atoms with E-state index in [9.17, 15) is 18.0 Å². The average Bonchev–Trinajstić information content (AvgIpc) is 2.85. The smallest absolute Gasteiger partial charge is 0.343 e. The second-order valence-corrected chi connectivity index (χ2v) is 8.15. The van der Waals surface area contributed by atoms with Crippen LogP contribution in [0.25, 0.3) is 0 Å². The van der Waals surface area contributed by atoms with Crippen LogP contribution in [0, 0.1) is 0 Å².